The summed E-state index contributed by atoms with van der Waals surface area (Å²) < 4.78 is 27.4. The number of aryl methyl sites for hydroxylation is 2. The molecule has 31 heavy (non-hydrogen) atoms. The maximum absolute atomic E-state index is 13.4. The number of carbonyl (C=O) groups excluding carboxylic acids is 1. The Balaban J connectivity index is 1.98. The van der Waals surface area contributed by atoms with Gasteiger partial charge in [0, 0.05) is 5.56 Å². The van der Waals surface area contributed by atoms with Gasteiger partial charge in [-0.15, -0.1) is 0 Å². The molecule has 2 aromatic heterocycles. The standard InChI is InChI=1S/C24H20O7/c1-13-10-14(2)21-16(11-13)20(25)23(31-24(26)18-6-5-9-29-18)22(30-21)15-7-8-17(27-3)19(12-15)28-4/h5-12H,1-4H3. The number of fused-ring (bicyclic) bond motifs is 1. The van der Waals surface area contributed by atoms with Crippen LogP contribution in [0.1, 0.15) is 21.7 Å². The molecular formula is C24H20O7. The topological polar surface area (TPSA) is 88.1 Å². The predicted molar refractivity (Wildman–Crippen MR) is 114 cm³/mol. The maximum Gasteiger partial charge on any atom is 0.379 e. The van der Waals surface area contributed by atoms with Crippen LogP contribution in [0.4, 0.5) is 0 Å². The minimum absolute atomic E-state index is 0.0295. The summed E-state index contributed by atoms with van der Waals surface area (Å²) >= 11 is 0. The van der Waals surface area contributed by atoms with Crippen molar-refractivity contribution in [2.75, 3.05) is 14.2 Å². The third kappa shape index (κ3) is 3.66. The van der Waals surface area contributed by atoms with E-state index in [1.54, 1.807) is 30.3 Å². The number of rotatable bonds is 5. The van der Waals surface area contributed by atoms with E-state index in [1.165, 1.54) is 26.5 Å². The van der Waals surface area contributed by atoms with Crippen molar-refractivity contribution in [1.82, 2.24) is 0 Å². The highest BCUT2D eigenvalue weighted by Gasteiger charge is 2.24. The second kappa shape index (κ2) is 8.02. The van der Waals surface area contributed by atoms with Gasteiger partial charge in [-0.3, -0.25) is 4.79 Å². The van der Waals surface area contributed by atoms with Crippen molar-refractivity contribution >= 4 is 16.9 Å². The first kappa shape index (κ1) is 20.3. The summed E-state index contributed by atoms with van der Waals surface area (Å²) in [6.07, 6.45) is 1.35. The third-order valence-corrected chi connectivity index (χ3v) is 4.84. The lowest BCUT2D eigenvalue weighted by atomic mass is 10.0. The highest BCUT2D eigenvalue weighted by Crippen LogP contribution is 2.37. The van der Waals surface area contributed by atoms with Crippen molar-refractivity contribution in [3.05, 3.63) is 75.8 Å². The molecule has 0 aliphatic carbocycles. The van der Waals surface area contributed by atoms with Crippen LogP contribution >= 0.6 is 0 Å². The van der Waals surface area contributed by atoms with E-state index in [4.69, 9.17) is 23.0 Å². The number of ether oxygens (including phenoxy) is 3. The molecule has 0 radical (unpaired) electrons. The molecule has 0 unspecified atom stereocenters. The Morgan fingerprint density at radius 3 is 2.42 bits per heavy atom. The quantitative estimate of drug-likeness (QED) is 0.424. The summed E-state index contributed by atoms with van der Waals surface area (Å²) in [4.78, 5) is 25.9. The van der Waals surface area contributed by atoms with E-state index < -0.39 is 11.4 Å². The molecule has 0 amide bonds. The highest BCUT2D eigenvalue weighted by molar-refractivity contribution is 5.91. The van der Waals surface area contributed by atoms with E-state index in [1.807, 2.05) is 19.9 Å². The van der Waals surface area contributed by atoms with Gasteiger partial charge in [-0.05, 0) is 61.4 Å². The molecular weight excluding hydrogens is 400 g/mol. The number of carbonyl (C=O) groups is 1. The van der Waals surface area contributed by atoms with Crippen molar-refractivity contribution < 1.29 is 27.8 Å². The van der Waals surface area contributed by atoms with Crippen LogP contribution in [0.15, 0.2) is 62.4 Å². The second-order valence-electron chi connectivity index (χ2n) is 6.98. The lowest BCUT2D eigenvalue weighted by molar-refractivity contribution is 0.0698. The summed E-state index contributed by atoms with van der Waals surface area (Å²) in [6, 6.07) is 11.7. The van der Waals surface area contributed by atoms with Crippen molar-refractivity contribution in [2.45, 2.75) is 13.8 Å². The molecule has 0 aliphatic rings. The van der Waals surface area contributed by atoms with Crippen molar-refractivity contribution in [3.8, 4) is 28.6 Å². The summed E-state index contributed by atoms with van der Waals surface area (Å²) in [5, 5.41) is 0.323. The Labute approximate surface area is 177 Å². The van der Waals surface area contributed by atoms with Crippen molar-refractivity contribution in [1.29, 1.82) is 0 Å². The number of esters is 1. The average Bonchev–Trinajstić information content (AvgIpc) is 3.30. The Hall–Kier alpha value is -4.00. The van der Waals surface area contributed by atoms with Gasteiger partial charge in [0.25, 0.3) is 0 Å². The fourth-order valence-electron chi connectivity index (χ4n) is 3.43. The monoisotopic (exact) mass is 420 g/mol. The summed E-state index contributed by atoms with van der Waals surface area (Å²) in [5.74, 6) is -0.0145. The minimum Gasteiger partial charge on any atom is -0.493 e. The molecule has 0 aliphatic heterocycles. The smallest absolute Gasteiger partial charge is 0.379 e. The van der Waals surface area contributed by atoms with E-state index in [0.29, 0.717) is 28.0 Å². The van der Waals surface area contributed by atoms with Gasteiger partial charge in [-0.25, -0.2) is 4.79 Å². The van der Waals surface area contributed by atoms with Crippen LogP contribution in [0.2, 0.25) is 0 Å². The molecule has 158 valence electrons. The van der Waals surface area contributed by atoms with Gasteiger partial charge in [-0.1, -0.05) is 6.07 Å². The van der Waals surface area contributed by atoms with Gasteiger partial charge in [0.05, 0.1) is 25.9 Å². The van der Waals surface area contributed by atoms with E-state index in [0.717, 1.165) is 11.1 Å². The zero-order valence-corrected chi connectivity index (χ0v) is 17.5. The van der Waals surface area contributed by atoms with Crippen LogP contribution in [0, 0.1) is 13.8 Å². The lowest BCUT2D eigenvalue weighted by Crippen LogP contribution is -2.16. The normalized spacial score (nSPS) is 10.8. The molecule has 7 nitrogen and oxygen atoms in total. The Morgan fingerprint density at radius 2 is 1.74 bits per heavy atom. The molecule has 0 saturated carbocycles. The zero-order chi connectivity index (χ0) is 22.1. The first-order valence-electron chi connectivity index (χ1n) is 9.49. The average molecular weight is 420 g/mol. The number of hydrogen-bond donors (Lipinski definition) is 0. The van der Waals surface area contributed by atoms with Crippen LogP contribution < -0.4 is 19.6 Å². The number of hydrogen-bond acceptors (Lipinski definition) is 7. The lowest BCUT2D eigenvalue weighted by Gasteiger charge is -2.13. The molecule has 0 N–H and O–H groups in total. The van der Waals surface area contributed by atoms with Crippen molar-refractivity contribution in [2.24, 2.45) is 0 Å². The first-order valence-corrected chi connectivity index (χ1v) is 9.49. The third-order valence-electron chi connectivity index (χ3n) is 4.84. The summed E-state index contributed by atoms with van der Waals surface area (Å²) in [6.45, 7) is 3.73. The number of benzene rings is 2. The maximum atomic E-state index is 13.4. The van der Waals surface area contributed by atoms with E-state index in [2.05, 4.69) is 0 Å². The highest BCUT2D eigenvalue weighted by atomic mass is 16.6. The van der Waals surface area contributed by atoms with Crippen molar-refractivity contribution in [3.63, 3.8) is 0 Å². The Kier molecular flexibility index (Phi) is 5.25. The number of furan rings is 1. The minimum atomic E-state index is -0.803. The molecule has 0 spiro atoms. The molecule has 0 atom stereocenters. The zero-order valence-electron chi connectivity index (χ0n) is 17.5. The van der Waals surface area contributed by atoms with Crippen LogP contribution in [-0.2, 0) is 0 Å². The van der Waals surface area contributed by atoms with Gasteiger partial charge in [0.15, 0.2) is 17.3 Å². The predicted octanol–water partition coefficient (Wildman–Crippen LogP) is 4.91. The molecule has 0 bridgehead atoms. The van der Waals surface area contributed by atoms with Crippen LogP contribution in [0.5, 0.6) is 17.2 Å². The largest absolute Gasteiger partial charge is 0.493 e. The SMILES string of the molecule is COc1ccc(-c2oc3c(C)cc(C)cc3c(=O)c2OC(=O)c2ccco2)cc1OC. The second-order valence-corrected chi connectivity index (χ2v) is 6.98. The van der Waals surface area contributed by atoms with Gasteiger partial charge >= 0.3 is 5.97 Å². The summed E-state index contributed by atoms with van der Waals surface area (Å²) in [5.41, 5.74) is 2.12. The molecule has 4 aromatic rings. The fourth-order valence-corrected chi connectivity index (χ4v) is 3.43. The van der Waals surface area contributed by atoms with Gasteiger partial charge in [0.2, 0.25) is 16.9 Å². The Bertz CT molecular complexity index is 1330. The Morgan fingerprint density at radius 1 is 0.968 bits per heavy atom. The molecule has 7 heteroatoms. The molecule has 0 saturated heterocycles. The van der Waals surface area contributed by atoms with E-state index in [9.17, 15) is 9.59 Å². The van der Waals surface area contributed by atoms with Crippen LogP contribution in [0.25, 0.3) is 22.3 Å². The molecule has 2 aromatic carbocycles. The van der Waals surface area contributed by atoms with Gasteiger partial charge in [-0.2, -0.15) is 0 Å². The summed E-state index contributed by atoms with van der Waals surface area (Å²) in [7, 11) is 3.03. The van der Waals surface area contributed by atoms with Gasteiger partial charge < -0.3 is 23.0 Å². The molecule has 2 heterocycles. The van der Waals surface area contributed by atoms with E-state index >= 15 is 0 Å². The number of methoxy groups -OCH3 is 2. The van der Waals surface area contributed by atoms with Gasteiger partial charge in [0.1, 0.15) is 5.58 Å². The van der Waals surface area contributed by atoms with Crippen LogP contribution in [0.3, 0.4) is 0 Å². The molecule has 4 rings (SSSR count). The van der Waals surface area contributed by atoms with Crippen LogP contribution in [-0.4, -0.2) is 20.2 Å². The molecule has 0 fully saturated rings. The van der Waals surface area contributed by atoms with E-state index in [-0.39, 0.29) is 17.3 Å². The first-order chi connectivity index (χ1) is 14.9. The fraction of sp³-hybridized carbons (Fsp3) is 0.167.